The molecule has 0 saturated heterocycles. The first-order valence-corrected chi connectivity index (χ1v) is 13.8. The number of halogens is 6. The number of nitrogens with one attached hydrogen (secondary N) is 2. The number of aryl methyl sites for hydroxylation is 1. The molecular weight excluding hydrogens is 578 g/mol. The van der Waals surface area contributed by atoms with Gasteiger partial charge < -0.3 is 20.3 Å². The van der Waals surface area contributed by atoms with Gasteiger partial charge in [-0.25, -0.2) is 31.3 Å². The number of ether oxygens (including phenoxy) is 1. The van der Waals surface area contributed by atoms with Gasteiger partial charge in [-0.2, -0.15) is 4.98 Å². The summed E-state index contributed by atoms with van der Waals surface area (Å²) in [5.41, 5.74) is 1.34. The van der Waals surface area contributed by atoms with Crippen LogP contribution in [0.3, 0.4) is 0 Å². The Morgan fingerprint density at radius 2 is 1.51 bits per heavy atom. The van der Waals surface area contributed by atoms with Gasteiger partial charge in [-0.1, -0.05) is 0 Å². The molecule has 2 aliphatic rings. The largest absolute Gasteiger partial charge is 0.380 e. The lowest BCUT2D eigenvalue weighted by Gasteiger charge is -2.43. The molecule has 1 aromatic heterocycles. The Bertz CT molecular complexity index is 1410. The predicted octanol–water partition coefficient (Wildman–Crippen LogP) is 5.06. The van der Waals surface area contributed by atoms with Gasteiger partial charge in [0.15, 0.2) is 40.7 Å². The number of rotatable bonds is 11. The number of carbonyl (C=O) groups excluding carboxylic acids is 1. The molecule has 1 amide bonds. The standard InChI is InChI=1S/C29H30F6N6O2/c1-3-43-5-4-40-14-24(42)38-27-15(2)36-29(39-28(27)40)37-18-10-19(11-18)41(12-16-6-20(30)25(34)21(31)7-16)13-17-8-22(32)26(35)23(33)9-17/h6-9,18-19H,3-5,10-14H2,1-2H3,(H,38,42)(H,36,37,39). The quantitative estimate of drug-likeness (QED) is 0.179. The lowest BCUT2D eigenvalue weighted by molar-refractivity contribution is -0.115. The van der Waals surface area contributed by atoms with Gasteiger partial charge in [-0.15, -0.1) is 0 Å². The highest BCUT2D eigenvalue weighted by Crippen LogP contribution is 2.34. The smallest absolute Gasteiger partial charge is 0.244 e. The van der Waals surface area contributed by atoms with Gasteiger partial charge in [0, 0.05) is 38.3 Å². The van der Waals surface area contributed by atoms with E-state index in [4.69, 9.17) is 4.74 Å². The molecule has 5 rings (SSSR count). The number of hydrogen-bond donors (Lipinski definition) is 2. The summed E-state index contributed by atoms with van der Waals surface area (Å²) in [6.07, 6.45) is 1.01. The molecule has 14 heteroatoms. The molecular formula is C29H30F6N6O2. The van der Waals surface area contributed by atoms with Crippen molar-refractivity contribution in [2.45, 2.75) is 51.9 Å². The van der Waals surface area contributed by atoms with Crippen LogP contribution in [-0.2, 0) is 22.6 Å². The Balaban J connectivity index is 1.32. The SMILES string of the molecule is CCOCCN1CC(=O)Nc2c(C)nc(NC3CC(N(Cc4cc(F)c(F)c(F)c4)Cc4cc(F)c(F)c(F)c4)C3)nc21. The van der Waals surface area contributed by atoms with Gasteiger partial charge in [-0.3, -0.25) is 9.69 Å². The molecule has 2 N–H and O–H groups in total. The number of aromatic nitrogens is 2. The van der Waals surface area contributed by atoms with Crippen molar-refractivity contribution in [2.75, 3.05) is 41.8 Å². The Morgan fingerprint density at radius 3 is 2.05 bits per heavy atom. The number of amides is 1. The number of nitrogens with zero attached hydrogens (tertiary/aromatic N) is 4. The maximum atomic E-state index is 13.9. The zero-order chi connectivity index (χ0) is 30.8. The second-order valence-corrected chi connectivity index (χ2v) is 10.6. The second-order valence-electron chi connectivity index (χ2n) is 10.6. The van der Waals surface area contributed by atoms with Crippen LogP contribution in [0.4, 0.5) is 43.8 Å². The molecule has 2 heterocycles. The number of hydrogen-bond acceptors (Lipinski definition) is 7. The van der Waals surface area contributed by atoms with E-state index < -0.39 is 34.9 Å². The molecule has 230 valence electrons. The number of benzene rings is 2. The van der Waals surface area contributed by atoms with Crippen LogP contribution >= 0.6 is 0 Å². The van der Waals surface area contributed by atoms with Gasteiger partial charge in [0.2, 0.25) is 11.9 Å². The molecule has 1 aliphatic heterocycles. The molecule has 0 atom stereocenters. The lowest BCUT2D eigenvalue weighted by Crippen LogP contribution is -2.49. The Labute approximate surface area is 244 Å². The minimum absolute atomic E-state index is 0.0605. The van der Waals surface area contributed by atoms with E-state index in [9.17, 15) is 31.1 Å². The fourth-order valence-corrected chi connectivity index (χ4v) is 5.30. The average Bonchev–Trinajstić information content (AvgIpc) is 2.92. The molecule has 3 aromatic rings. The highest BCUT2D eigenvalue weighted by molar-refractivity contribution is 6.01. The third-order valence-electron chi connectivity index (χ3n) is 7.50. The van der Waals surface area contributed by atoms with Gasteiger partial charge in [-0.05, 0) is 62.1 Å². The van der Waals surface area contributed by atoms with Crippen molar-refractivity contribution in [1.82, 2.24) is 14.9 Å². The summed E-state index contributed by atoms with van der Waals surface area (Å²) in [5, 5.41) is 6.09. The Hall–Kier alpha value is -3.91. The summed E-state index contributed by atoms with van der Waals surface area (Å²) < 4.78 is 88.2. The van der Waals surface area contributed by atoms with Crippen molar-refractivity contribution < 1.29 is 35.9 Å². The maximum Gasteiger partial charge on any atom is 0.244 e. The Morgan fingerprint density at radius 1 is 0.953 bits per heavy atom. The number of fused-ring (bicyclic) bond motifs is 1. The molecule has 0 radical (unpaired) electrons. The highest BCUT2D eigenvalue weighted by atomic mass is 19.2. The minimum Gasteiger partial charge on any atom is -0.380 e. The van der Waals surface area contributed by atoms with E-state index in [0.29, 0.717) is 55.7 Å². The van der Waals surface area contributed by atoms with E-state index >= 15 is 0 Å². The van der Waals surface area contributed by atoms with Crippen LogP contribution in [0.5, 0.6) is 0 Å². The lowest BCUT2D eigenvalue weighted by atomic mass is 9.85. The second kappa shape index (κ2) is 12.8. The molecule has 0 unspecified atom stereocenters. The van der Waals surface area contributed by atoms with Crippen molar-refractivity contribution in [3.8, 4) is 0 Å². The van der Waals surface area contributed by atoms with Crippen molar-refractivity contribution >= 4 is 23.4 Å². The average molecular weight is 609 g/mol. The molecule has 43 heavy (non-hydrogen) atoms. The summed E-state index contributed by atoms with van der Waals surface area (Å²) in [6.45, 7) is 5.04. The van der Waals surface area contributed by atoms with Crippen LogP contribution in [0, 0.1) is 41.8 Å². The first kappa shape index (κ1) is 30.5. The molecule has 8 nitrogen and oxygen atoms in total. The summed E-state index contributed by atoms with van der Waals surface area (Å²) in [6, 6.07) is 3.13. The number of carbonyl (C=O) groups is 1. The highest BCUT2D eigenvalue weighted by Gasteiger charge is 2.35. The van der Waals surface area contributed by atoms with Crippen LogP contribution in [0.25, 0.3) is 0 Å². The van der Waals surface area contributed by atoms with Gasteiger partial charge in [0.1, 0.15) is 5.69 Å². The van der Waals surface area contributed by atoms with Gasteiger partial charge in [0.05, 0.1) is 18.8 Å². The zero-order valence-corrected chi connectivity index (χ0v) is 23.5. The summed E-state index contributed by atoms with van der Waals surface area (Å²) >= 11 is 0. The topological polar surface area (TPSA) is 82.6 Å². The van der Waals surface area contributed by atoms with Crippen LogP contribution in [0.2, 0.25) is 0 Å². The molecule has 1 aliphatic carbocycles. The molecule has 0 spiro atoms. The Kier molecular flexibility index (Phi) is 9.06. The monoisotopic (exact) mass is 608 g/mol. The van der Waals surface area contributed by atoms with Crippen molar-refractivity contribution in [3.63, 3.8) is 0 Å². The molecule has 0 bridgehead atoms. The predicted molar refractivity (Wildman–Crippen MR) is 146 cm³/mol. The van der Waals surface area contributed by atoms with Crippen molar-refractivity contribution in [1.29, 1.82) is 0 Å². The van der Waals surface area contributed by atoms with E-state index in [0.717, 1.165) is 24.3 Å². The minimum atomic E-state index is -1.60. The first-order chi connectivity index (χ1) is 20.5. The third kappa shape index (κ3) is 6.85. The first-order valence-electron chi connectivity index (χ1n) is 13.8. The van der Waals surface area contributed by atoms with Crippen molar-refractivity contribution in [3.05, 3.63) is 76.0 Å². The third-order valence-corrected chi connectivity index (χ3v) is 7.50. The number of anilines is 3. The fraction of sp³-hybridized carbons (Fsp3) is 0.414. The summed E-state index contributed by atoms with van der Waals surface area (Å²) in [7, 11) is 0. The molecule has 1 fully saturated rings. The van der Waals surface area contributed by atoms with E-state index in [1.807, 2.05) is 11.8 Å². The maximum absolute atomic E-state index is 13.9. The van der Waals surface area contributed by atoms with Crippen LogP contribution in [-0.4, -0.2) is 59.2 Å². The van der Waals surface area contributed by atoms with E-state index in [2.05, 4.69) is 20.6 Å². The summed E-state index contributed by atoms with van der Waals surface area (Å²) in [5.74, 6) is -7.88. The van der Waals surface area contributed by atoms with Crippen molar-refractivity contribution in [2.24, 2.45) is 0 Å². The normalized spacial score (nSPS) is 18.0. The molecule has 1 saturated carbocycles. The van der Waals surface area contributed by atoms with E-state index in [-0.39, 0.29) is 48.8 Å². The van der Waals surface area contributed by atoms with Gasteiger partial charge in [0.25, 0.3) is 0 Å². The van der Waals surface area contributed by atoms with Crippen LogP contribution in [0.15, 0.2) is 24.3 Å². The van der Waals surface area contributed by atoms with Crippen LogP contribution in [0.1, 0.15) is 36.6 Å². The molecule has 2 aromatic carbocycles. The van der Waals surface area contributed by atoms with Gasteiger partial charge >= 0.3 is 0 Å². The van der Waals surface area contributed by atoms with Crippen LogP contribution < -0.4 is 15.5 Å². The summed E-state index contributed by atoms with van der Waals surface area (Å²) in [4.78, 5) is 24.9. The van der Waals surface area contributed by atoms with E-state index in [1.54, 1.807) is 11.8 Å². The zero-order valence-electron chi connectivity index (χ0n) is 23.5. The van der Waals surface area contributed by atoms with E-state index in [1.165, 1.54) is 0 Å². The fourth-order valence-electron chi connectivity index (χ4n) is 5.30.